The fourth-order valence-corrected chi connectivity index (χ4v) is 2.26. The minimum absolute atomic E-state index is 0. The van der Waals surface area contributed by atoms with Gasteiger partial charge in [0, 0.05) is 31.6 Å². The second-order valence-electron chi connectivity index (χ2n) is 4.76. The smallest absolute Gasteiger partial charge is 0.422 e. The first-order chi connectivity index (χ1) is 11.4. The van der Waals surface area contributed by atoms with Crippen molar-refractivity contribution >= 4 is 41.7 Å². The van der Waals surface area contributed by atoms with Crippen molar-refractivity contribution in [2.75, 3.05) is 31.7 Å². The largest absolute Gasteiger partial charge is 0.484 e. The second-order valence-corrected chi connectivity index (χ2v) is 5.91. The van der Waals surface area contributed by atoms with Gasteiger partial charge < -0.3 is 15.4 Å². The maximum absolute atomic E-state index is 12.1. The van der Waals surface area contributed by atoms with E-state index >= 15 is 0 Å². The molecule has 25 heavy (non-hydrogen) atoms. The summed E-state index contributed by atoms with van der Waals surface area (Å²) in [5, 5.41) is 6.32. The Morgan fingerprint density at radius 1 is 1.28 bits per heavy atom. The van der Waals surface area contributed by atoms with E-state index in [2.05, 4.69) is 26.9 Å². The van der Waals surface area contributed by atoms with Gasteiger partial charge >= 0.3 is 6.18 Å². The van der Waals surface area contributed by atoms with Crippen LogP contribution in [0, 0.1) is 0 Å². The molecule has 0 saturated heterocycles. The van der Waals surface area contributed by atoms with Gasteiger partial charge in [-0.05, 0) is 17.7 Å². The lowest BCUT2D eigenvalue weighted by Crippen LogP contribution is -2.37. The summed E-state index contributed by atoms with van der Waals surface area (Å²) >= 11 is 1.77. The van der Waals surface area contributed by atoms with E-state index in [1.54, 1.807) is 30.9 Å². The summed E-state index contributed by atoms with van der Waals surface area (Å²) in [6.45, 7) is 3.67. The van der Waals surface area contributed by atoms with Gasteiger partial charge in [0.1, 0.15) is 5.75 Å². The molecule has 142 valence electrons. The number of nitrogens with zero attached hydrogens (tertiary/aromatic N) is 1. The maximum Gasteiger partial charge on any atom is 0.422 e. The van der Waals surface area contributed by atoms with Crippen molar-refractivity contribution in [2.24, 2.45) is 4.99 Å². The van der Waals surface area contributed by atoms with Gasteiger partial charge in [0.05, 0.1) is 0 Å². The van der Waals surface area contributed by atoms with Crippen molar-refractivity contribution in [1.82, 2.24) is 10.6 Å². The van der Waals surface area contributed by atoms with Crippen LogP contribution in [0.1, 0.15) is 5.56 Å². The molecule has 0 saturated carbocycles. The van der Waals surface area contributed by atoms with E-state index < -0.39 is 12.8 Å². The van der Waals surface area contributed by atoms with Gasteiger partial charge in [-0.25, -0.2) is 0 Å². The first-order valence-corrected chi connectivity index (χ1v) is 8.51. The molecule has 0 unspecified atom stereocenters. The zero-order chi connectivity index (χ0) is 17.8. The number of alkyl halides is 3. The first-order valence-electron chi connectivity index (χ1n) is 7.36. The van der Waals surface area contributed by atoms with Gasteiger partial charge in [0.25, 0.3) is 0 Å². The van der Waals surface area contributed by atoms with Gasteiger partial charge in [0.15, 0.2) is 12.6 Å². The maximum atomic E-state index is 12.1. The summed E-state index contributed by atoms with van der Waals surface area (Å²) < 4.78 is 40.9. The molecule has 0 radical (unpaired) electrons. The molecule has 4 nitrogen and oxygen atoms in total. The van der Waals surface area contributed by atoms with E-state index in [1.165, 1.54) is 12.1 Å². The lowest BCUT2D eigenvalue weighted by Gasteiger charge is -2.12. The van der Waals surface area contributed by atoms with E-state index in [-0.39, 0.29) is 29.7 Å². The van der Waals surface area contributed by atoms with Crippen molar-refractivity contribution in [3.63, 3.8) is 0 Å². The third-order valence-corrected chi connectivity index (χ3v) is 3.75. The average Bonchev–Trinajstić information content (AvgIpc) is 2.56. The Hall–Kier alpha value is -1.10. The highest BCUT2D eigenvalue weighted by Gasteiger charge is 2.28. The molecule has 1 aromatic rings. The van der Waals surface area contributed by atoms with Crippen LogP contribution in [0.2, 0.25) is 0 Å². The van der Waals surface area contributed by atoms with Crippen LogP contribution in [0.5, 0.6) is 5.75 Å². The van der Waals surface area contributed by atoms with Gasteiger partial charge in [-0.3, -0.25) is 4.99 Å². The molecule has 9 heteroatoms. The highest BCUT2D eigenvalue weighted by molar-refractivity contribution is 14.0. The van der Waals surface area contributed by atoms with Crippen molar-refractivity contribution in [3.05, 3.63) is 42.5 Å². The van der Waals surface area contributed by atoms with Gasteiger partial charge in [-0.15, -0.1) is 30.6 Å². The zero-order valence-corrected chi connectivity index (χ0v) is 17.1. The molecule has 0 heterocycles. The number of nitrogens with one attached hydrogen (secondary N) is 2. The molecule has 0 aromatic heterocycles. The normalized spacial score (nSPS) is 11.4. The van der Waals surface area contributed by atoms with E-state index in [0.29, 0.717) is 12.5 Å². The van der Waals surface area contributed by atoms with Gasteiger partial charge in [-0.2, -0.15) is 24.9 Å². The van der Waals surface area contributed by atoms with Crippen LogP contribution < -0.4 is 15.4 Å². The fraction of sp³-hybridized carbons (Fsp3) is 0.438. The standard InChI is InChI=1S/C16H22F3N3OS.HI/c1-3-9-24-10-8-21-15(20-2)22-11-13-4-6-14(7-5-13)23-12-16(17,18)19;/h3-7H,1,8-12H2,2H3,(H2,20,21,22);1H. The van der Waals surface area contributed by atoms with Crippen LogP contribution in [0.15, 0.2) is 41.9 Å². The zero-order valence-electron chi connectivity index (χ0n) is 13.9. The number of rotatable bonds is 9. The molecule has 1 aromatic carbocycles. The third-order valence-electron chi connectivity index (χ3n) is 2.78. The first kappa shape index (κ1) is 23.9. The van der Waals surface area contributed by atoms with E-state index in [0.717, 1.165) is 23.6 Å². The molecule has 0 spiro atoms. The minimum Gasteiger partial charge on any atom is -0.484 e. The van der Waals surface area contributed by atoms with Crippen LogP contribution in [0.4, 0.5) is 13.2 Å². The average molecular weight is 489 g/mol. The summed E-state index contributed by atoms with van der Waals surface area (Å²) in [4.78, 5) is 4.11. The Kier molecular flexibility index (Phi) is 12.6. The number of thioether (sulfide) groups is 1. The number of hydrogen-bond donors (Lipinski definition) is 2. The van der Waals surface area contributed by atoms with Gasteiger partial charge in [0.2, 0.25) is 0 Å². The van der Waals surface area contributed by atoms with Crippen LogP contribution in [-0.4, -0.2) is 43.8 Å². The number of ether oxygens (including phenoxy) is 1. The Labute approximate surface area is 167 Å². The number of halogens is 4. The molecule has 0 fully saturated rings. The topological polar surface area (TPSA) is 45.7 Å². The summed E-state index contributed by atoms with van der Waals surface area (Å²) in [7, 11) is 1.68. The van der Waals surface area contributed by atoms with Crippen molar-refractivity contribution in [1.29, 1.82) is 0 Å². The van der Waals surface area contributed by atoms with E-state index in [4.69, 9.17) is 0 Å². The summed E-state index contributed by atoms with van der Waals surface area (Å²) in [6.07, 6.45) is -2.47. The van der Waals surface area contributed by atoms with Crippen molar-refractivity contribution < 1.29 is 17.9 Å². The van der Waals surface area contributed by atoms with Crippen LogP contribution in [0.3, 0.4) is 0 Å². The van der Waals surface area contributed by atoms with Crippen molar-refractivity contribution in [2.45, 2.75) is 12.7 Å². The Morgan fingerprint density at radius 3 is 2.52 bits per heavy atom. The highest BCUT2D eigenvalue weighted by Crippen LogP contribution is 2.18. The molecule has 0 amide bonds. The summed E-state index contributed by atoms with van der Waals surface area (Å²) in [5.74, 6) is 2.72. The summed E-state index contributed by atoms with van der Waals surface area (Å²) in [6, 6.07) is 6.47. The van der Waals surface area contributed by atoms with Crippen LogP contribution in [0.25, 0.3) is 0 Å². The molecule has 0 aliphatic rings. The third kappa shape index (κ3) is 12.0. The molecular formula is C16H23F3IN3OS. The van der Waals surface area contributed by atoms with Crippen molar-refractivity contribution in [3.8, 4) is 5.75 Å². The number of aliphatic imine (C=N–C) groups is 1. The molecule has 0 aliphatic heterocycles. The molecule has 0 aliphatic carbocycles. The predicted molar refractivity (Wildman–Crippen MR) is 109 cm³/mol. The second kappa shape index (κ2) is 13.2. The lowest BCUT2D eigenvalue weighted by atomic mass is 10.2. The predicted octanol–water partition coefficient (Wildman–Crippen LogP) is 3.83. The highest BCUT2D eigenvalue weighted by atomic mass is 127. The van der Waals surface area contributed by atoms with Gasteiger partial charge in [-0.1, -0.05) is 18.2 Å². The Balaban J connectivity index is 0.00000576. The van der Waals surface area contributed by atoms with Crippen LogP contribution in [-0.2, 0) is 6.54 Å². The Morgan fingerprint density at radius 2 is 1.96 bits per heavy atom. The molecule has 0 bridgehead atoms. The van der Waals surface area contributed by atoms with E-state index in [1.807, 2.05) is 6.08 Å². The van der Waals surface area contributed by atoms with Crippen LogP contribution >= 0.6 is 35.7 Å². The minimum atomic E-state index is -4.33. The molecule has 0 atom stereocenters. The monoisotopic (exact) mass is 489 g/mol. The molecule has 2 N–H and O–H groups in total. The number of benzene rings is 1. The number of guanidine groups is 1. The molecular weight excluding hydrogens is 466 g/mol. The lowest BCUT2D eigenvalue weighted by molar-refractivity contribution is -0.153. The fourth-order valence-electron chi connectivity index (χ4n) is 1.68. The SMILES string of the molecule is C=CCSCCNC(=NC)NCc1ccc(OCC(F)(F)F)cc1.I. The summed E-state index contributed by atoms with van der Waals surface area (Å²) in [5.41, 5.74) is 0.915. The van der Waals surface area contributed by atoms with E-state index in [9.17, 15) is 13.2 Å². The quantitative estimate of drug-likeness (QED) is 0.182. The Bertz CT molecular complexity index is 524. The number of hydrogen-bond acceptors (Lipinski definition) is 3. The molecule has 1 rings (SSSR count).